The van der Waals surface area contributed by atoms with Crippen LogP contribution in [0.2, 0.25) is 0 Å². The van der Waals surface area contributed by atoms with Gasteiger partial charge in [0.2, 0.25) is 0 Å². The summed E-state index contributed by atoms with van der Waals surface area (Å²) < 4.78 is 11.0. The van der Waals surface area contributed by atoms with Gasteiger partial charge in [-0.25, -0.2) is 4.79 Å². The van der Waals surface area contributed by atoms with Gasteiger partial charge in [0, 0.05) is 11.3 Å². The average molecular weight is 434 g/mol. The molecule has 7 nitrogen and oxygen atoms in total. The van der Waals surface area contributed by atoms with Gasteiger partial charge in [0.15, 0.2) is 6.61 Å². The SMILES string of the molecule is Nc1ccc(OCC(=O)O)c(NC(=O)c2ccc(OCCCCc3ccccc3)cc2)c1. The fraction of sp³-hybridized carbons (Fsp3) is 0.200. The minimum Gasteiger partial charge on any atom is -0.494 e. The van der Waals surface area contributed by atoms with Crippen molar-refractivity contribution in [2.24, 2.45) is 0 Å². The summed E-state index contributed by atoms with van der Waals surface area (Å²) in [7, 11) is 0. The van der Waals surface area contributed by atoms with Gasteiger partial charge in [0.25, 0.3) is 5.91 Å². The molecule has 3 rings (SSSR count). The van der Waals surface area contributed by atoms with E-state index in [1.807, 2.05) is 18.2 Å². The molecule has 0 fully saturated rings. The third kappa shape index (κ3) is 7.05. The molecule has 0 radical (unpaired) electrons. The number of aryl methyl sites for hydroxylation is 1. The van der Waals surface area contributed by atoms with Gasteiger partial charge in [-0.1, -0.05) is 30.3 Å². The number of nitrogens with two attached hydrogens (primary N) is 1. The molecule has 0 heterocycles. The number of anilines is 2. The lowest BCUT2D eigenvalue weighted by Crippen LogP contribution is -2.15. The number of benzene rings is 3. The summed E-state index contributed by atoms with van der Waals surface area (Å²) in [4.78, 5) is 23.4. The Morgan fingerprint density at radius 2 is 1.66 bits per heavy atom. The molecule has 0 aliphatic heterocycles. The number of carbonyl (C=O) groups is 2. The molecule has 0 atom stereocenters. The van der Waals surface area contributed by atoms with Crippen LogP contribution < -0.4 is 20.5 Å². The number of carbonyl (C=O) groups excluding carboxylic acids is 1. The molecule has 0 aliphatic rings. The van der Waals surface area contributed by atoms with Crippen LogP contribution in [0.4, 0.5) is 11.4 Å². The highest BCUT2D eigenvalue weighted by atomic mass is 16.5. The molecular formula is C25H26N2O5. The smallest absolute Gasteiger partial charge is 0.341 e. The zero-order valence-corrected chi connectivity index (χ0v) is 17.6. The molecule has 0 unspecified atom stereocenters. The summed E-state index contributed by atoms with van der Waals surface area (Å²) in [5, 5.41) is 11.5. The first-order chi connectivity index (χ1) is 15.5. The van der Waals surface area contributed by atoms with E-state index >= 15 is 0 Å². The Morgan fingerprint density at radius 3 is 2.38 bits per heavy atom. The standard InChI is InChI=1S/C25H26N2O5/c26-20-11-14-23(32-17-24(28)29)22(16-20)27-25(30)19-9-12-21(13-10-19)31-15-5-4-8-18-6-2-1-3-7-18/h1-3,6-7,9-14,16H,4-5,8,15,17,26H2,(H,27,30)(H,28,29). The second-order valence-corrected chi connectivity index (χ2v) is 7.21. The second-order valence-electron chi connectivity index (χ2n) is 7.21. The van der Waals surface area contributed by atoms with Crippen LogP contribution in [0.1, 0.15) is 28.8 Å². The van der Waals surface area contributed by atoms with Crippen LogP contribution in [0.5, 0.6) is 11.5 Å². The van der Waals surface area contributed by atoms with Gasteiger partial charge in [0.1, 0.15) is 11.5 Å². The highest BCUT2D eigenvalue weighted by molar-refractivity contribution is 6.05. The molecule has 7 heteroatoms. The van der Waals surface area contributed by atoms with E-state index in [9.17, 15) is 9.59 Å². The van der Waals surface area contributed by atoms with E-state index in [0.29, 0.717) is 29.3 Å². The zero-order chi connectivity index (χ0) is 22.8. The molecule has 0 aliphatic carbocycles. The molecule has 32 heavy (non-hydrogen) atoms. The molecular weight excluding hydrogens is 408 g/mol. The Hall–Kier alpha value is -4.00. The molecule has 4 N–H and O–H groups in total. The summed E-state index contributed by atoms with van der Waals surface area (Å²) in [6.07, 6.45) is 2.99. The maximum Gasteiger partial charge on any atom is 0.341 e. The van der Waals surface area contributed by atoms with Gasteiger partial charge < -0.3 is 25.6 Å². The van der Waals surface area contributed by atoms with Crippen molar-refractivity contribution in [2.75, 3.05) is 24.3 Å². The predicted octanol–water partition coefficient (Wildman–Crippen LogP) is 4.39. The number of nitrogen functional groups attached to an aromatic ring is 1. The van der Waals surface area contributed by atoms with Gasteiger partial charge in [-0.3, -0.25) is 4.79 Å². The van der Waals surface area contributed by atoms with Gasteiger partial charge in [-0.05, 0) is 67.3 Å². The summed E-state index contributed by atoms with van der Waals surface area (Å²) in [6.45, 7) is 0.0795. The van der Waals surface area contributed by atoms with Crippen molar-refractivity contribution in [1.29, 1.82) is 0 Å². The number of amides is 1. The molecule has 0 saturated carbocycles. The number of rotatable bonds is 11. The van der Waals surface area contributed by atoms with Crippen LogP contribution >= 0.6 is 0 Å². The van der Waals surface area contributed by atoms with Crippen LogP contribution in [0.25, 0.3) is 0 Å². The van der Waals surface area contributed by atoms with E-state index < -0.39 is 12.6 Å². The van der Waals surface area contributed by atoms with Crippen molar-refractivity contribution >= 4 is 23.3 Å². The fourth-order valence-corrected chi connectivity index (χ4v) is 3.07. The number of nitrogens with one attached hydrogen (secondary N) is 1. The highest BCUT2D eigenvalue weighted by Gasteiger charge is 2.12. The Kier molecular flexibility index (Phi) is 8.09. The maximum atomic E-state index is 12.6. The van der Waals surface area contributed by atoms with E-state index in [2.05, 4.69) is 17.4 Å². The first-order valence-corrected chi connectivity index (χ1v) is 10.3. The molecule has 0 bridgehead atoms. The summed E-state index contributed by atoms with van der Waals surface area (Å²) in [5.74, 6) is -0.568. The predicted molar refractivity (Wildman–Crippen MR) is 123 cm³/mol. The summed E-state index contributed by atoms with van der Waals surface area (Å²) in [6, 6.07) is 21.8. The number of aliphatic carboxylic acids is 1. The lowest BCUT2D eigenvalue weighted by atomic mass is 10.1. The first-order valence-electron chi connectivity index (χ1n) is 10.3. The Balaban J connectivity index is 1.49. The second kappa shape index (κ2) is 11.4. The fourth-order valence-electron chi connectivity index (χ4n) is 3.07. The largest absolute Gasteiger partial charge is 0.494 e. The topological polar surface area (TPSA) is 111 Å². The van der Waals surface area contributed by atoms with Crippen molar-refractivity contribution < 1.29 is 24.2 Å². The van der Waals surface area contributed by atoms with Crippen molar-refractivity contribution in [2.45, 2.75) is 19.3 Å². The number of hydrogen-bond acceptors (Lipinski definition) is 5. The Morgan fingerprint density at radius 1 is 0.906 bits per heavy atom. The van der Waals surface area contributed by atoms with Crippen LogP contribution in [0.15, 0.2) is 72.8 Å². The van der Waals surface area contributed by atoms with Crippen LogP contribution in [0, 0.1) is 0 Å². The molecule has 1 amide bonds. The van der Waals surface area contributed by atoms with Crippen LogP contribution in [-0.2, 0) is 11.2 Å². The van der Waals surface area contributed by atoms with Gasteiger partial charge in [-0.2, -0.15) is 0 Å². The van der Waals surface area contributed by atoms with Gasteiger partial charge in [-0.15, -0.1) is 0 Å². The quantitative estimate of drug-likeness (QED) is 0.305. The lowest BCUT2D eigenvalue weighted by molar-refractivity contribution is -0.139. The zero-order valence-electron chi connectivity index (χ0n) is 17.6. The van der Waals surface area contributed by atoms with Crippen LogP contribution in [0.3, 0.4) is 0 Å². The Labute approximate surface area is 186 Å². The van der Waals surface area contributed by atoms with Gasteiger partial charge >= 0.3 is 5.97 Å². The van der Waals surface area contributed by atoms with Crippen molar-refractivity contribution in [3.8, 4) is 11.5 Å². The molecule has 3 aromatic rings. The molecule has 0 aromatic heterocycles. The number of carboxylic acid groups (broad SMARTS) is 1. The van der Waals surface area contributed by atoms with Crippen molar-refractivity contribution in [1.82, 2.24) is 0 Å². The van der Waals surface area contributed by atoms with Crippen molar-refractivity contribution in [3.05, 3.63) is 83.9 Å². The highest BCUT2D eigenvalue weighted by Crippen LogP contribution is 2.27. The van der Waals surface area contributed by atoms with E-state index in [4.69, 9.17) is 20.3 Å². The number of hydrogen-bond donors (Lipinski definition) is 3. The molecule has 0 spiro atoms. The van der Waals surface area contributed by atoms with E-state index in [-0.39, 0.29) is 11.7 Å². The third-order valence-electron chi connectivity index (χ3n) is 4.69. The third-order valence-corrected chi connectivity index (χ3v) is 4.69. The van der Waals surface area contributed by atoms with E-state index in [1.165, 1.54) is 17.7 Å². The van der Waals surface area contributed by atoms with Gasteiger partial charge in [0.05, 0.1) is 12.3 Å². The average Bonchev–Trinajstić information content (AvgIpc) is 2.79. The first kappa shape index (κ1) is 22.7. The minimum atomic E-state index is -1.12. The number of unbranched alkanes of at least 4 members (excludes halogenated alkanes) is 1. The number of ether oxygens (including phenoxy) is 2. The maximum absolute atomic E-state index is 12.6. The molecule has 3 aromatic carbocycles. The minimum absolute atomic E-state index is 0.227. The normalized spacial score (nSPS) is 10.4. The van der Waals surface area contributed by atoms with E-state index in [1.54, 1.807) is 30.3 Å². The monoisotopic (exact) mass is 434 g/mol. The lowest BCUT2D eigenvalue weighted by Gasteiger charge is -2.12. The number of carboxylic acids is 1. The summed E-state index contributed by atoms with van der Waals surface area (Å²) in [5.41, 5.74) is 8.24. The molecule has 0 saturated heterocycles. The summed E-state index contributed by atoms with van der Waals surface area (Å²) >= 11 is 0. The Bertz CT molecular complexity index is 1040. The van der Waals surface area contributed by atoms with Crippen LogP contribution in [-0.4, -0.2) is 30.2 Å². The molecule has 166 valence electrons. The van der Waals surface area contributed by atoms with Crippen molar-refractivity contribution in [3.63, 3.8) is 0 Å². The van der Waals surface area contributed by atoms with E-state index in [0.717, 1.165) is 19.3 Å².